The number of para-hydroxylation sites is 3. The molecule has 0 aliphatic rings. The molecule has 0 fully saturated rings. The van der Waals surface area contributed by atoms with Crippen LogP contribution < -0.4 is 0 Å². The monoisotopic (exact) mass is 333 g/mol. The number of rotatable bonds is 4. The van der Waals surface area contributed by atoms with E-state index in [0.29, 0.717) is 12.2 Å². The quantitative estimate of drug-likeness (QED) is 0.623. The van der Waals surface area contributed by atoms with Gasteiger partial charge in [0.05, 0.1) is 23.1 Å². The number of hydrogen-bond donors (Lipinski definition) is 1. The van der Waals surface area contributed by atoms with E-state index in [9.17, 15) is 4.79 Å². The molecule has 6 heteroatoms. The smallest absolute Gasteiger partial charge is 0.275 e. The fraction of sp³-hybridized carbons (Fsp3) is 0.211. The minimum atomic E-state index is -0.118. The van der Waals surface area contributed by atoms with Gasteiger partial charge in [-0.2, -0.15) is 5.10 Å². The normalized spacial score (nSPS) is 11.3. The number of aromatic nitrogens is 4. The van der Waals surface area contributed by atoms with Crippen molar-refractivity contribution in [3.8, 4) is 0 Å². The van der Waals surface area contributed by atoms with Gasteiger partial charge < -0.3 is 9.47 Å². The molecule has 4 aromatic rings. The standard InChI is InChI=1S/C19H19N5O/c1-3-24-16-11-7-6-10-15(16)20-17(24)12-23(2)19(25)18-13-8-4-5-9-14(13)21-22-18/h4-11H,3,12H2,1-2H3,(H,21,22). The summed E-state index contributed by atoms with van der Waals surface area (Å²) in [7, 11) is 1.78. The Morgan fingerprint density at radius 2 is 1.92 bits per heavy atom. The Balaban J connectivity index is 1.66. The number of imidazole rings is 1. The van der Waals surface area contributed by atoms with Crippen LogP contribution >= 0.6 is 0 Å². The molecule has 0 radical (unpaired) electrons. The fourth-order valence-electron chi connectivity index (χ4n) is 3.19. The number of aromatic amines is 1. The summed E-state index contributed by atoms with van der Waals surface area (Å²) >= 11 is 0. The van der Waals surface area contributed by atoms with Gasteiger partial charge in [0.2, 0.25) is 0 Å². The van der Waals surface area contributed by atoms with Crippen LogP contribution in [0.25, 0.3) is 21.9 Å². The number of H-pyrrole nitrogens is 1. The van der Waals surface area contributed by atoms with Gasteiger partial charge in [-0.15, -0.1) is 0 Å². The molecule has 126 valence electrons. The molecule has 0 atom stereocenters. The molecular weight excluding hydrogens is 314 g/mol. The highest BCUT2D eigenvalue weighted by Crippen LogP contribution is 2.19. The fourth-order valence-corrected chi connectivity index (χ4v) is 3.19. The van der Waals surface area contributed by atoms with Gasteiger partial charge in [0, 0.05) is 19.0 Å². The minimum Gasteiger partial charge on any atom is -0.333 e. The van der Waals surface area contributed by atoms with Crippen LogP contribution in [0.5, 0.6) is 0 Å². The van der Waals surface area contributed by atoms with Crippen LogP contribution in [0, 0.1) is 0 Å². The number of carbonyl (C=O) groups excluding carboxylic acids is 1. The molecule has 0 bridgehead atoms. The summed E-state index contributed by atoms with van der Waals surface area (Å²) in [5.74, 6) is 0.756. The Morgan fingerprint density at radius 3 is 2.76 bits per heavy atom. The second-order valence-corrected chi connectivity index (χ2v) is 6.04. The van der Waals surface area contributed by atoms with E-state index in [1.54, 1.807) is 11.9 Å². The lowest BCUT2D eigenvalue weighted by Crippen LogP contribution is -2.28. The van der Waals surface area contributed by atoms with Gasteiger partial charge in [-0.25, -0.2) is 4.98 Å². The largest absolute Gasteiger partial charge is 0.333 e. The Morgan fingerprint density at radius 1 is 1.16 bits per heavy atom. The third-order valence-electron chi connectivity index (χ3n) is 4.45. The van der Waals surface area contributed by atoms with Crippen LogP contribution in [0.15, 0.2) is 48.5 Å². The van der Waals surface area contributed by atoms with Crippen molar-refractivity contribution < 1.29 is 4.79 Å². The zero-order valence-corrected chi connectivity index (χ0v) is 14.2. The summed E-state index contributed by atoms with van der Waals surface area (Å²) in [6, 6.07) is 15.7. The molecule has 2 aromatic heterocycles. The van der Waals surface area contributed by atoms with Gasteiger partial charge in [0.15, 0.2) is 5.69 Å². The molecule has 0 spiro atoms. The summed E-state index contributed by atoms with van der Waals surface area (Å²) in [5, 5.41) is 7.95. The van der Waals surface area contributed by atoms with Gasteiger partial charge in [0.25, 0.3) is 5.91 Å². The van der Waals surface area contributed by atoms with Crippen molar-refractivity contribution in [3.63, 3.8) is 0 Å². The number of aryl methyl sites for hydroxylation is 1. The summed E-state index contributed by atoms with van der Waals surface area (Å²) in [4.78, 5) is 19.2. The second kappa shape index (κ2) is 6.05. The number of nitrogens with zero attached hydrogens (tertiary/aromatic N) is 4. The molecule has 0 unspecified atom stereocenters. The molecule has 0 aliphatic carbocycles. The lowest BCUT2D eigenvalue weighted by molar-refractivity contribution is 0.0776. The van der Waals surface area contributed by atoms with E-state index in [0.717, 1.165) is 34.3 Å². The average Bonchev–Trinajstić information content (AvgIpc) is 3.21. The van der Waals surface area contributed by atoms with Crippen LogP contribution in [0.3, 0.4) is 0 Å². The first-order valence-electron chi connectivity index (χ1n) is 8.31. The van der Waals surface area contributed by atoms with Crippen molar-refractivity contribution in [2.75, 3.05) is 7.05 Å². The Labute approximate surface area is 145 Å². The van der Waals surface area contributed by atoms with E-state index in [2.05, 4.69) is 27.8 Å². The number of nitrogens with one attached hydrogen (secondary N) is 1. The summed E-state index contributed by atoms with van der Waals surface area (Å²) < 4.78 is 2.14. The maximum Gasteiger partial charge on any atom is 0.275 e. The van der Waals surface area contributed by atoms with Crippen LogP contribution in [-0.2, 0) is 13.1 Å². The Kier molecular flexibility index (Phi) is 3.72. The predicted octanol–water partition coefficient (Wildman–Crippen LogP) is 3.20. The highest BCUT2D eigenvalue weighted by molar-refractivity contribution is 6.04. The maximum atomic E-state index is 12.8. The van der Waals surface area contributed by atoms with Crippen molar-refractivity contribution in [2.24, 2.45) is 0 Å². The van der Waals surface area contributed by atoms with Crippen molar-refractivity contribution in [1.82, 2.24) is 24.6 Å². The lowest BCUT2D eigenvalue weighted by atomic mass is 10.2. The van der Waals surface area contributed by atoms with Crippen molar-refractivity contribution in [1.29, 1.82) is 0 Å². The maximum absolute atomic E-state index is 12.8. The summed E-state index contributed by atoms with van der Waals surface area (Å²) in [5.41, 5.74) is 3.34. The SMILES string of the molecule is CCn1c(CN(C)C(=O)c2n[nH]c3ccccc23)nc2ccccc21. The number of carbonyl (C=O) groups is 1. The molecule has 2 heterocycles. The second-order valence-electron chi connectivity index (χ2n) is 6.04. The highest BCUT2D eigenvalue weighted by atomic mass is 16.2. The molecule has 1 amide bonds. The average molecular weight is 333 g/mol. The Bertz CT molecular complexity index is 1060. The first-order chi connectivity index (χ1) is 12.2. The Hall–Kier alpha value is -3.15. The van der Waals surface area contributed by atoms with Crippen molar-refractivity contribution >= 4 is 27.8 Å². The first-order valence-corrected chi connectivity index (χ1v) is 8.31. The van der Waals surface area contributed by atoms with Crippen LogP contribution in [0.2, 0.25) is 0 Å². The van der Waals surface area contributed by atoms with E-state index in [-0.39, 0.29) is 5.91 Å². The topological polar surface area (TPSA) is 66.8 Å². The van der Waals surface area contributed by atoms with Gasteiger partial charge in [0.1, 0.15) is 5.82 Å². The molecule has 4 rings (SSSR count). The van der Waals surface area contributed by atoms with Gasteiger partial charge in [-0.3, -0.25) is 9.89 Å². The number of hydrogen-bond acceptors (Lipinski definition) is 3. The van der Waals surface area contributed by atoms with E-state index in [1.165, 1.54) is 0 Å². The molecule has 6 nitrogen and oxygen atoms in total. The predicted molar refractivity (Wildman–Crippen MR) is 97.3 cm³/mol. The molecule has 1 N–H and O–H groups in total. The number of benzene rings is 2. The van der Waals surface area contributed by atoms with E-state index >= 15 is 0 Å². The summed E-state index contributed by atoms with van der Waals surface area (Å²) in [6.45, 7) is 3.33. The highest BCUT2D eigenvalue weighted by Gasteiger charge is 2.20. The minimum absolute atomic E-state index is 0.118. The molecule has 0 saturated heterocycles. The summed E-state index contributed by atoms with van der Waals surface area (Å²) in [6.07, 6.45) is 0. The molecule has 0 aliphatic heterocycles. The van der Waals surface area contributed by atoms with E-state index < -0.39 is 0 Å². The zero-order chi connectivity index (χ0) is 17.4. The first kappa shape index (κ1) is 15.4. The third-order valence-corrected chi connectivity index (χ3v) is 4.45. The van der Waals surface area contributed by atoms with Gasteiger partial charge in [-0.05, 0) is 25.1 Å². The zero-order valence-electron chi connectivity index (χ0n) is 14.2. The van der Waals surface area contributed by atoms with Gasteiger partial charge >= 0.3 is 0 Å². The van der Waals surface area contributed by atoms with Crippen molar-refractivity contribution in [2.45, 2.75) is 20.0 Å². The number of fused-ring (bicyclic) bond motifs is 2. The van der Waals surface area contributed by atoms with Crippen LogP contribution in [0.1, 0.15) is 23.2 Å². The molecule has 2 aromatic carbocycles. The molecule has 25 heavy (non-hydrogen) atoms. The lowest BCUT2D eigenvalue weighted by Gasteiger charge is -2.16. The molecular formula is C19H19N5O. The van der Waals surface area contributed by atoms with Crippen LogP contribution in [-0.4, -0.2) is 37.6 Å². The third kappa shape index (κ3) is 2.55. The van der Waals surface area contributed by atoms with E-state index in [1.807, 2.05) is 42.5 Å². The molecule has 0 saturated carbocycles. The van der Waals surface area contributed by atoms with Crippen LogP contribution in [0.4, 0.5) is 0 Å². The van der Waals surface area contributed by atoms with E-state index in [4.69, 9.17) is 4.98 Å². The van der Waals surface area contributed by atoms with Gasteiger partial charge in [-0.1, -0.05) is 30.3 Å². The number of amides is 1. The van der Waals surface area contributed by atoms with Crippen molar-refractivity contribution in [3.05, 3.63) is 60.0 Å².